The smallest absolute Gasteiger partial charge is 0.298 e. The van der Waals surface area contributed by atoms with Crippen molar-refractivity contribution in [1.29, 1.82) is 0 Å². The number of anilines is 1. The number of nitrogens with zero attached hydrogens (tertiary/aromatic N) is 6. The normalized spacial score (nSPS) is 17.2. The van der Waals surface area contributed by atoms with Gasteiger partial charge in [0.1, 0.15) is 0 Å². The number of aliphatic hydroxyl groups excluding tert-OH is 1. The molecule has 0 radical (unpaired) electrons. The van der Waals surface area contributed by atoms with Gasteiger partial charge in [-0.2, -0.15) is 0 Å². The van der Waals surface area contributed by atoms with Crippen molar-refractivity contribution in [1.82, 2.24) is 24.5 Å². The first-order valence-corrected chi connectivity index (χ1v) is 9.71. The standard InChI is InChI=1S/C20H22N6O3/c27-9-1-2-15-10-25(16-3-5-17(6-4-16)26-8-7-21-23-26)19(28)18(22-15)24-11-20(12-24)13-29-14-20/h3-8,10,27H,1-2,9,11-14H2. The van der Waals surface area contributed by atoms with E-state index in [0.29, 0.717) is 18.7 Å². The molecular weight excluding hydrogens is 372 g/mol. The minimum Gasteiger partial charge on any atom is -0.396 e. The van der Waals surface area contributed by atoms with Crippen LogP contribution in [0.2, 0.25) is 0 Å². The van der Waals surface area contributed by atoms with E-state index in [4.69, 9.17) is 4.74 Å². The average molecular weight is 394 g/mol. The second-order valence-corrected chi connectivity index (χ2v) is 7.77. The maximum absolute atomic E-state index is 13.2. The van der Waals surface area contributed by atoms with Gasteiger partial charge in [0.05, 0.1) is 42.4 Å². The Bertz CT molecular complexity index is 1050. The largest absolute Gasteiger partial charge is 0.396 e. The van der Waals surface area contributed by atoms with Crippen LogP contribution in [0.3, 0.4) is 0 Å². The number of aliphatic hydroxyl groups is 1. The van der Waals surface area contributed by atoms with Crippen molar-refractivity contribution in [3.05, 3.63) is 58.9 Å². The lowest BCUT2D eigenvalue weighted by atomic mass is 9.78. The molecule has 0 aliphatic carbocycles. The molecule has 1 N–H and O–H groups in total. The first-order chi connectivity index (χ1) is 14.2. The summed E-state index contributed by atoms with van der Waals surface area (Å²) in [4.78, 5) is 19.9. The zero-order chi connectivity index (χ0) is 19.8. The molecule has 0 amide bonds. The van der Waals surface area contributed by atoms with Gasteiger partial charge < -0.3 is 14.7 Å². The zero-order valence-electron chi connectivity index (χ0n) is 15.9. The third-order valence-corrected chi connectivity index (χ3v) is 5.51. The Morgan fingerprint density at radius 3 is 2.52 bits per heavy atom. The number of benzene rings is 1. The molecule has 5 rings (SSSR count). The van der Waals surface area contributed by atoms with Gasteiger partial charge in [0.2, 0.25) is 0 Å². The van der Waals surface area contributed by atoms with E-state index in [2.05, 4.69) is 15.3 Å². The van der Waals surface area contributed by atoms with Crippen LogP contribution in [0, 0.1) is 5.41 Å². The molecule has 9 nitrogen and oxygen atoms in total. The Morgan fingerprint density at radius 1 is 1.14 bits per heavy atom. The molecule has 0 saturated carbocycles. The lowest BCUT2D eigenvalue weighted by Gasteiger charge is -2.55. The predicted molar refractivity (Wildman–Crippen MR) is 106 cm³/mol. The maximum atomic E-state index is 13.2. The van der Waals surface area contributed by atoms with Crippen molar-refractivity contribution in [2.45, 2.75) is 12.8 Å². The molecule has 4 heterocycles. The van der Waals surface area contributed by atoms with E-state index in [1.54, 1.807) is 27.8 Å². The Labute approximate surface area is 167 Å². The topological polar surface area (TPSA) is 98.3 Å². The fraction of sp³-hybridized carbons (Fsp3) is 0.400. The molecule has 1 aromatic carbocycles. The zero-order valence-corrected chi connectivity index (χ0v) is 15.9. The highest BCUT2D eigenvalue weighted by molar-refractivity contribution is 5.47. The lowest BCUT2D eigenvalue weighted by molar-refractivity contribution is -0.127. The number of hydrogen-bond donors (Lipinski definition) is 1. The van der Waals surface area contributed by atoms with E-state index in [0.717, 1.165) is 43.4 Å². The number of hydrogen-bond acceptors (Lipinski definition) is 7. The molecule has 0 unspecified atom stereocenters. The first kappa shape index (κ1) is 18.0. The Morgan fingerprint density at radius 2 is 1.90 bits per heavy atom. The SMILES string of the molecule is O=c1c(N2CC3(COC3)C2)nc(CCCO)cn1-c1ccc(-n2ccnn2)cc1. The molecule has 0 bridgehead atoms. The molecule has 1 spiro atoms. The van der Waals surface area contributed by atoms with E-state index < -0.39 is 0 Å². The van der Waals surface area contributed by atoms with E-state index in [1.807, 2.05) is 29.2 Å². The molecule has 150 valence electrons. The van der Waals surface area contributed by atoms with Gasteiger partial charge >= 0.3 is 0 Å². The van der Waals surface area contributed by atoms with Crippen LogP contribution in [0.15, 0.2) is 47.7 Å². The van der Waals surface area contributed by atoms with Crippen molar-refractivity contribution < 1.29 is 9.84 Å². The third kappa shape index (κ3) is 3.22. The monoisotopic (exact) mass is 394 g/mol. The number of ether oxygens (including phenoxy) is 1. The summed E-state index contributed by atoms with van der Waals surface area (Å²) in [5.74, 6) is 0.471. The Hall–Kier alpha value is -3.04. The molecular formula is C20H22N6O3. The summed E-state index contributed by atoms with van der Waals surface area (Å²) in [6.45, 7) is 3.19. The van der Waals surface area contributed by atoms with Crippen molar-refractivity contribution in [2.75, 3.05) is 37.8 Å². The number of aromatic nitrogens is 5. The predicted octanol–water partition coefficient (Wildman–Crippen LogP) is 0.575. The van der Waals surface area contributed by atoms with E-state index in [9.17, 15) is 9.90 Å². The summed E-state index contributed by atoms with van der Waals surface area (Å²) in [6, 6.07) is 7.56. The van der Waals surface area contributed by atoms with Gasteiger partial charge in [0, 0.05) is 31.6 Å². The van der Waals surface area contributed by atoms with Gasteiger partial charge in [-0.15, -0.1) is 5.10 Å². The van der Waals surface area contributed by atoms with E-state index in [-0.39, 0.29) is 17.6 Å². The summed E-state index contributed by atoms with van der Waals surface area (Å²) >= 11 is 0. The fourth-order valence-corrected chi connectivity index (χ4v) is 3.90. The summed E-state index contributed by atoms with van der Waals surface area (Å²) < 4.78 is 8.64. The first-order valence-electron chi connectivity index (χ1n) is 9.71. The highest BCUT2D eigenvalue weighted by Gasteiger charge is 2.50. The minimum atomic E-state index is -0.138. The van der Waals surface area contributed by atoms with Crippen LogP contribution in [0.5, 0.6) is 0 Å². The van der Waals surface area contributed by atoms with Gasteiger partial charge in [-0.1, -0.05) is 5.21 Å². The van der Waals surface area contributed by atoms with Crippen molar-refractivity contribution >= 4 is 5.82 Å². The van der Waals surface area contributed by atoms with Crippen LogP contribution in [0.4, 0.5) is 5.82 Å². The maximum Gasteiger partial charge on any atom is 0.298 e. The van der Waals surface area contributed by atoms with Crippen LogP contribution in [-0.2, 0) is 11.2 Å². The van der Waals surface area contributed by atoms with Crippen LogP contribution < -0.4 is 10.5 Å². The van der Waals surface area contributed by atoms with Crippen LogP contribution in [0.1, 0.15) is 12.1 Å². The second-order valence-electron chi connectivity index (χ2n) is 7.77. The molecule has 2 aliphatic heterocycles. The Balaban J connectivity index is 1.49. The minimum absolute atomic E-state index is 0.0902. The Kier molecular flexibility index (Phi) is 4.40. The average Bonchev–Trinajstić information content (AvgIpc) is 3.21. The van der Waals surface area contributed by atoms with Gasteiger partial charge in [-0.05, 0) is 37.1 Å². The van der Waals surface area contributed by atoms with Crippen LogP contribution in [0.25, 0.3) is 11.4 Å². The molecule has 2 aliphatic rings. The molecule has 29 heavy (non-hydrogen) atoms. The molecule has 2 fully saturated rings. The highest BCUT2D eigenvalue weighted by atomic mass is 16.5. The third-order valence-electron chi connectivity index (χ3n) is 5.51. The van der Waals surface area contributed by atoms with Gasteiger partial charge in [0.25, 0.3) is 5.56 Å². The number of rotatable bonds is 6. The van der Waals surface area contributed by atoms with Crippen molar-refractivity contribution in [3.63, 3.8) is 0 Å². The lowest BCUT2D eigenvalue weighted by Crippen LogP contribution is -2.67. The molecule has 9 heteroatoms. The quantitative estimate of drug-likeness (QED) is 0.653. The molecule has 2 saturated heterocycles. The van der Waals surface area contributed by atoms with Gasteiger partial charge in [-0.25, -0.2) is 9.67 Å². The summed E-state index contributed by atoms with van der Waals surface area (Å²) in [5, 5.41) is 17.0. The summed E-state index contributed by atoms with van der Waals surface area (Å²) in [6.07, 6.45) is 6.38. The van der Waals surface area contributed by atoms with Crippen LogP contribution in [-0.4, -0.2) is 62.6 Å². The van der Waals surface area contributed by atoms with E-state index in [1.165, 1.54) is 0 Å². The van der Waals surface area contributed by atoms with Gasteiger partial charge in [-0.3, -0.25) is 9.36 Å². The van der Waals surface area contributed by atoms with Crippen LogP contribution >= 0.6 is 0 Å². The summed E-state index contributed by atoms with van der Waals surface area (Å²) in [5.41, 5.74) is 2.47. The van der Waals surface area contributed by atoms with Crippen molar-refractivity contribution in [3.8, 4) is 11.4 Å². The second kappa shape index (κ2) is 7.09. The van der Waals surface area contributed by atoms with Crippen molar-refractivity contribution in [2.24, 2.45) is 5.41 Å². The highest BCUT2D eigenvalue weighted by Crippen LogP contribution is 2.38. The van der Waals surface area contributed by atoms with Gasteiger partial charge in [0.15, 0.2) is 5.82 Å². The van der Waals surface area contributed by atoms with E-state index >= 15 is 0 Å². The molecule has 3 aromatic rings. The molecule has 2 aromatic heterocycles. The summed E-state index contributed by atoms with van der Waals surface area (Å²) in [7, 11) is 0. The molecule has 0 atom stereocenters. The fourth-order valence-electron chi connectivity index (χ4n) is 3.90. The number of aryl methyl sites for hydroxylation is 1.